The summed E-state index contributed by atoms with van der Waals surface area (Å²) in [5.41, 5.74) is 13.5. The first-order chi connectivity index (χ1) is 32.7. The molecule has 0 fully saturated rings. The summed E-state index contributed by atoms with van der Waals surface area (Å²) in [4.78, 5) is 16.0. The number of fused-ring (bicyclic) bond motifs is 7. The number of furan rings is 1. The molecular weight excluding hydrogens is 823 g/mol. The lowest BCUT2D eigenvalue weighted by Crippen LogP contribution is -2.00. The lowest BCUT2D eigenvalue weighted by Gasteiger charge is -2.11. The van der Waals surface area contributed by atoms with Crippen LogP contribution in [0.4, 0.5) is 0 Å². The standard InChI is InChI=1S/C61H37N3OS/c1-3-16-38(17-4-1)41-22-11-23-43(36-41)59-62-60(51-31-14-30-50-56-48(28-15-33-54(56)65-57(50)51)47-27-12-21-40-20-7-8-25-45(40)47)64-61(63-59)52-32-13-29-49-53-37-42(34-35-55(53)66-58(49)52)46-26-10-9-24-44(46)39-18-5-2-6-19-39/h1-37H. The van der Waals surface area contributed by atoms with Gasteiger partial charge in [-0.3, -0.25) is 0 Å². The van der Waals surface area contributed by atoms with Crippen LogP contribution in [0.25, 0.3) is 132 Å². The number of hydrogen-bond donors (Lipinski definition) is 0. The van der Waals surface area contributed by atoms with E-state index in [1.165, 1.54) is 54.1 Å². The summed E-state index contributed by atoms with van der Waals surface area (Å²) in [7, 11) is 0. The smallest absolute Gasteiger partial charge is 0.167 e. The minimum absolute atomic E-state index is 0.550. The number of thiophene rings is 1. The molecule has 10 aromatic carbocycles. The Balaban J connectivity index is 1.01. The fourth-order valence-electron chi connectivity index (χ4n) is 9.67. The van der Waals surface area contributed by atoms with Gasteiger partial charge in [-0.05, 0) is 91.7 Å². The summed E-state index contributed by atoms with van der Waals surface area (Å²) in [6, 6.07) is 79.2. The van der Waals surface area contributed by atoms with E-state index in [0.29, 0.717) is 17.5 Å². The molecular formula is C61H37N3OS. The van der Waals surface area contributed by atoms with E-state index in [1.807, 2.05) is 6.07 Å². The van der Waals surface area contributed by atoms with Gasteiger partial charge in [-0.1, -0.05) is 188 Å². The third kappa shape index (κ3) is 6.40. The van der Waals surface area contributed by atoms with Crippen molar-refractivity contribution in [2.75, 3.05) is 0 Å². The van der Waals surface area contributed by atoms with E-state index in [0.717, 1.165) is 60.0 Å². The van der Waals surface area contributed by atoms with Crippen LogP contribution in [-0.2, 0) is 0 Å². The Kier molecular flexibility index (Phi) is 9.00. The van der Waals surface area contributed by atoms with Crippen LogP contribution in [0, 0.1) is 0 Å². The van der Waals surface area contributed by atoms with E-state index < -0.39 is 0 Å². The van der Waals surface area contributed by atoms with Crippen LogP contribution >= 0.6 is 11.3 Å². The third-order valence-electron chi connectivity index (χ3n) is 12.8. The number of benzene rings is 10. The van der Waals surface area contributed by atoms with Crippen molar-refractivity contribution in [3.8, 4) is 78.7 Å². The fraction of sp³-hybridized carbons (Fsp3) is 0. The molecule has 308 valence electrons. The molecule has 0 bridgehead atoms. The van der Waals surface area contributed by atoms with Crippen LogP contribution in [0.3, 0.4) is 0 Å². The molecule has 3 aromatic heterocycles. The molecule has 0 saturated heterocycles. The van der Waals surface area contributed by atoms with Crippen molar-refractivity contribution in [3.05, 3.63) is 224 Å². The predicted octanol–water partition coefficient (Wildman–Crippen LogP) is 17.0. The van der Waals surface area contributed by atoms with Crippen molar-refractivity contribution < 1.29 is 4.42 Å². The third-order valence-corrected chi connectivity index (χ3v) is 14.0. The van der Waals surface area contributed by atoms with Gasteiger partial charge in [0.15, 0.2) is 17.5 Å². The van der Waals surface area contributed by atoms with Crippen molar-refractivity contribution in [2.45, 2.75) is 0 Å². The average molecular weight is 860 g/mol. The molecule has 13 aromatic rings. The fourth-order valence-corrected chi connectivity index (χ4v) is 10.9. The van der Waals surface area contributed by atoms with E-state index >= 15 is 0 Å². The molecule has 5 heteroatoms. The van der Waals surface area contributed by atoms with Crippen LogP contribution in [0.2, 0.25) is 0 Å². The number of nitrogens with zero attached hydrogens (tertiary/aromatic N) is 3. The second-order valence-corrected chi connectivity index (χ2v) is 17.7. The highest BCUT2D eigenvalue weighted by Gasteiger charge is 2.22. The number of aromatic nitrogens is 3. The maximum atomic E-state index is 6.88. The van der Waals surface area contributed by atoms with Gasteiger partial charge in [-0.25, -0.2) is 15.0 Å². The number of para-hydroxylation sites is 1. The zero-order chi connectivity index (χ0) is 43.6. The topological polar surface area (TPSA) is 51.8 Å². The predicted molar refractivity (Wildman–Crippen MR) is 276 cm³/mol. The molecule has 0 saturated carbocycles. The van der Waals surface area contributed by atoms with Gasteiger partial charge in [0.05, 0.1) is 5.56 Å². The van der Waals surface area contributed by atoms with E-state index in [-0.39, 0.29) is 0 Å². The highest BCUT2D eigenvalue weighted by molar-refractivity contribution is 7.26. The van der Waals surface area contributed by atoms with Gasteiger partial charge >= 0.3 is 0 Å². The Hall–Kier alpha value is -8.51. The molecule has 66 heavy (non-hydrogen) atoms. The Bertz CT molecular complexity index is 4000. The van der Waals surface area contributed by atoms with Crippen LogP contribution in [0.5, 0.6) is 0 Å². The molecule has 0 radical (unpaired) electrons. The maximum absolute atomic E-state index is 6.88. The van der Waals surface area contributed by atoms with Gasteiger partial charge in [-0.2, -0.15) is 0 Å². The normalized spacial score (nSPS) is 11.6. The minimum atomic E-state index is 0.550. The molecule has 0 aliphatic carbocycles. The lowest BCUT2D eigenvalue weighted by atomic mass is 9.94. The zero-order valence-electron chi connectivity index (χ0n) is 35.5. The maximum Gasteiger partial charge on any atom is 0.167 e. The molecule has 3 heterocycles. The summed E-state index contributed by atoms with van der Waals surface area (Å²) in [5, 5.41) is 6.85. The number of rotatable bonds is 7. The minimum Gasteiger partial charge on any atom is -0.455 e. The highest BCUT2D eigenvalue weighted by atomic mass is 32.1. The zero-order valence-corrected chi connectivity index (χ0v) is 36.3. The van der Waals surface area contributed by atoms with E-state index in [2.05, 4.69) is 218 Å². The first kappa shape index (κ1) is 38.0. The first-order valence-corrected chi connectivity index (χ1v) is 23.0. The van der Waals surface area contributed by atoms with Crippen molar-refractivity contribution >= 4 is 64.2 Å². The Labute approximate surface area is 384 Å². The number of hydrogen-bond acceptors (Lipinski definition) is 5. The molecule has 0 N–H and O–H groups in total. The molecule has 0 spiro atoms. The second-order valence-electron chi connectivity index (χ2n) is 16.6. The molecule has 0 atom stereocenters. The molecule has 0 unspecified atom stereocenters. The van der Waals surface area contributed by atoms with Gasteiger partial charge in [0.25, 0.3) is 0 Å². The first-order valence-electron chi connectivity index (χ1n) is 22.2. The SMILES string of the molecule is c1ccc(-c2cccc(-c3nc(-c4cccc5c4oc4cccc(-c6cccc7ccccc67)c45)nc(-c4cccc5c4sc4ccc(-c6ccccc6-c6ccccc6)cc45)n3)c2)cc1. The van der Waals surface area contributed by atoms with Crippen LogP contribution < -0.4 is 0 Å². The quantitative estimate of drug-likeness (QED) is 0.160. The van der Waals surface area contributed by atoms with Crippen molar-refractivity contribution in [3.63, 3.8) is 0 Å². The summed E-state index contributed by atoms with van der Waals surface area (Å²) in [6.07, 6.45) is 0. The van der Waals surface area contributed by atoms with Crippen molar-refractivity contribution in [1.82, 2.24) is 15.0 Å². The molecule has 0 aliphatic heterocycles. The molecule has 4 nitrogen and oxygen atoms in total. The van der Waals surface area contributed by atoms with Gasteiger partial charge in [-0.15, -0.1) is 11.3 Å². The van der Waals surface area contributed by atoms with E-state index in [9.17, 15) is 0 Å². The van der Waals surface area contributed by atoms with Gasteiger partial charge < -0.3 is 4.42 Å². The van der Waals surface area contributed by atoms with Crippen molar-refractivity contribution in [1.29, 1.82) is 0 Å². The van der Waals surface area contributed by atoms with E-state index in [1.54, 1.807) is 11.3 Å². The monoisotopic (exact) mass is 859 g/mol. The largest absolute Gasteiger partial charge is 0.455 e. The van der Waals surface area contributed by atoms with Gasteiger partial charge in [0, 0.05) is 42.1 Å². The summed E-state index contributed by atoms with van der Waals surface area (Å²) in [5.74, 6) is 1.75. The Morgan fingerprint density at radius 2 is 0.879 bits per heavy atom. The second kappa shape index (κ2) is 15.6. The van der Waals surface area contributed by atoms with Gasteiger partial charge in [0.1, 0.15) is 11.2 Å². The van der Waals surface area contributed by atoms with Crippen molar-refractivity contribution in [2.24, 2.45) is 0 Å². The lowest BCUT2D eigenvalue weighted by molar-refractivity contribution is 0.669. The highest BCUT2D eigenvalue weighted by Crippen LogP contribution is 2.45. The molecule has 0 aliphatic rings. The van der Waals surface area contributed by atoms with Gasteiger partial charge in [0.2, 0.25) is 0 Å². The summed E-state index contributed by atoms with van der Waals surface area (Å²) >= 11 is 1.78. The molecule has 0 amide bonds. The van der Waals surface area contributed by atoms with Crippen LogP contribution in [0.1, 0.15) is 0 Å². The summed E-state index contributed by atoms with van der Waals surface area (Å²) < 4.78 is 9.21. The van der Waals surface area contributed by atoms with E-state index in [4.69, 9.17) is 19.4 Å². The van der Waals surface area contributed by atoms with Crippen LogP contribution in [0.15, 0.2) is 229 Å². The Morgan fingerprint density at radius 1 is 0.318 bits per heavy atom. The van der Waals surface area contributed by atoms with Crippen LogP contribution in [-0.4, -0.2) is 15.0 Å². The Morgan fingerprint density at radius 3 is 1.73 bits per heavy atom. The summed E-state index contributed by atoms with van der Waals surface area (Å²) in [6.45, 7) is 0. The average Bonchev–Trinajstić information content (AvgIpc) is 3.97. The molecule has 13 rings (SSSR count).